The van der Waals surface area contributed by atoms with Gasteiger partial charge in [0.25, 0.3) is 0 Å². The van der Waals surface area contributed by atoms with Crippen LogP contribution in [-0.4, -0.2) is 52.3 Å². The van der Waals surface area contributed by atoms with Gasteiger partial charge in [-0.05, 0) is 36.4 Å². The number of hydrogen-bond acceptors (Lipinski definition) is 6. The molecule has 0 atom stereocenters. The van der Waals surface area contributed by atoms with Crippen molar-refractivity contribution >= 4 is 29.0 Å². The molecule has 8 nitrogen and oxygen atoms in total. The average Bonchev–Trinajstić information content (AvgIpc) is 2.77. The number of rotatable bonds is 4. The van der Waals surface area contributed by atoms with Gasteiger partial charge in [-0.25, -0.2) is 13.6 Å². The van der Waals surface area contributed by atoms with Crippen LogP contribution in [0.1, 0.15) is 0 Å². The zero-order valence-electron chi connectivity index (χ0n) is 15.9. The van der Waals surface area contributed by atoms with Crippen molar-refractivity contribution in [3.63, 3.8) is 0 Å². The second-order valence-electron chi connectivity index (χ2n) is 6.67. The molecular formula is C20H19F2N7O. The van der Waals surface area contributed by atoms with Crippen LogP contribution in [0.4, 0.5) is 36.6 Å². The number of carbonyl (C=O) groups is 1. The van der Waals surface area contributed by atoms with E-state index in [2.05, 4.69) is 25.8 Å². The van der Waals surface area contributed by atoms with Crippen LogP contribution < -0.4 is 15.5 Å². The fraction of sp³-hybridized carbons (Fsp3) is 0.200. The molecule has 154 valence electrons. The zero-order chi connectivity index (χ0) is 20.9. The van der Waals surface area contributed by atoms with E-state index in [0.717, 1.165) is 17.8 Å². The molecule has 4 rings (SSSR count). The minimum Gasteiger partial charge on any atom is -0.352 e. The molecule has 2 amide bonds. The van der Waals surface area contributed by atoms with Crippen LogP contribution in [0.25, 0.3) is 0 Å². The van der Waals surface area contributed by atoms with Crippen molar-refractivity contribution < 1.29 is 13.6 Å². The molecular weight excluding hydrogens is 392 g/mol. The molecule has 0 saturated carbocycles. The van der Waals surface area contributed by atoms with Crippen LogP contribution in [0, 0.1) is 11.6 Å². The molecule has 3 aromatic rings. The predicted molar refractivity (Wildman–Crippen MR) is 109 cm³/mol. The molecule has 1 saturated heterocycles. The summed E-state index contributed by atoms with van der Waals surface area (Å²) < 4.78 is 26.7. The van der Waals surface area contributed by atoms with Crippen molar-refractivity contribution in [2.75, 3.05) is 41.7 Å². The van der Waals surface area contributed by atoms with Crippen molar-refractivity contribution in [1.29, 1.82) is 0 Å². The lowest BCUT2D eigenvalue weighted by atomic mass is 10.3. The SMILES string of the molecule is O=C(Nc1ccc(F)cc1F)N1CCN(c2ccc(Nc3cccnc3)nn2)CC1. The Hall–Kier alpha value is -3.82. The molecule has 1 aromatic carbocycles. The van der Waals surface area contributed by atoms with Gasteiger partial charge < -0.3 is 20.4 Å². The Morgan fingerprint density at radius 2 is 1.83 bits per heavy atom. The van der Waals surface area contributed by atoms with Gasteiger partial charge in [0.2, 0.25) is 0 Å². The zero-order valence-corrected chi connectivity index (χ0v) is 15.9. The molecule has 0 spiro atoms. The number of urea groups is 1. The van der Waals surface area contributed by atoms with E-state index in [0.29, 0.717) is 37.8 Å². The third-order valence-electron chi connectivity index (χ3n) is 4.65. The third kappa shape index (κ3) is 4.59. The lowest BCUT2D eigenvalue weighted by Gasteiger charge is -2.35. The van der Waals surface area contributed by atoms with Crippen molar-refractivity contribution in [2.24, 2.45) is 0 Å². The van der Waals surface area contributed by atoms with Crippen LogP contribution in [-0.2, 0) is 0 Å². The fourth-order valence-corrected chi connectivity index (χ4v) is 3.07. The maximum absolute atomic E-state index is 13.7. The van der Waals surface area contributed by atoms with E-state index >= 15 is 0 Å². The van der Waals surface area contributed by atoms with E-state index < -0.39 is 17.7 Å². The van der Waals surface area contributed by atoms with Gasteiger partial charge >= 0.3 is 6.03 Å². The minimum absolute atomic E-state index is 0.0496. The summed E-state index contributed by atoms with van der Waals surface area (Å²) in [4.78, 5) is 20.0. The van der Waals surface area contributed by atoms with Crippen molar-refractivity contribution in [3.05, 3.63) is 66.5 Å². The molecule has 0 bridgehead atoms. The fourth-order valence-electron chi connectivity index (χ4n) is 3.07. The highest BCUT2D eigenvalue weighted by Gasteiger charge is 2.23. The van der Waals surface area contributed by atoms with Crippen molar-refractivity contribution in [1.82, 2.24) is 20.1 Å². The van der Waals surface area contributed by atoms with E-state index in [1.54, 1.807) is 17.3 Å². The first kappa shape index (κ1) is 19.5. The van der Waals surface area contributed by atoms with Crippen LogP contribution in [0.5, 0.6) is 0 Å². The molecule has 0 aliphatic carbocycles. The van der Waals surface area contributed by atoms with Crippen LogP contribution in [0.3, 0.4) is 0 Å². The summed E-state index contributed by atoms with van der Waals surface area (Å²) in [7, 11) is 0. The minimum atomic E-state index is -0.808. The largest absolute Gasteiger partial charge is 0.352 e. The highest BCUT2D eigenvalue weighted by molar-refractivity contribution is 5.89. The number of nitrogens with one attached hydrogen (secondary N) is 2. The number of piperazine rings is 1. The van der Waals surface area contributed by atoms with Gasteiger partial charge in [-0.1, -0.05) is 0 Å². The molecule has 0 unspecified atom stereocenters. The second kappa shape index (κ2) is 8.68. The van der Waals surface area contributed by atoms with Gasteiger partial charge in [-0.15, -0.1) is 10.2 Å². The highest BCUT2D eigenvalue weighted by atomic mass is 19.1. The van der Waals surface area contributed by atoms with Crippen LogP contribution in [0.2, 0.25) is 0 Å². The summed E-state index contributed by atoms with van der Waals surface area (Å²) in [5.74, 6) is -0.193. The summed E-state index contributed by atoms with van der Waals surface area (Å²) in [5.41, 5.74) is 0.767. The number of pyridine rings is 1. The average molecular weight is 411 g/mol. The number of anilines is 4. The number of aromatic nitrogens is 3. The maximum Gasteiger partial charge on any atom is 0.322 e. The number of carbonyl (C=O) groups excluding carboxylic acids is 1. The number of nitrogens with zero attached hydrogens (tertiary/aromatic N) is 5. The van der Waals surface area contributed by atoms with Gasteiger partial charge in [0.15, 0.2) is 11.6 Å². The topological polar surface area (TPSA) is 86.3 Å². The molecule has 0 radical (unpaired) electrons. The number of halogens is 2. The Bertz CT molecular complexity index is 1010. The standard InChI is InChI=1S/C20H19F2N7O/c21-14-3-4-17(16(22)12-14)25-20(30)29-10-8-28(9-11-29)19-6-5-18(26-27-19)24-15-2-1-7-23-13-15/h1-7,12-13H,8-11H2,(H,24,26)(H,25,30). The maximum atomic E-state index is 13.7. The Labute approximate surface area is 171 Å². The Morgan fingerprint density at radius 1 is 1.00 bits per heavy atom. The first-order valence-electron chi connectivity index (χ1n) is 9.35. The van der Waals surface area contributed by atoms with Gasteiger partial charge in [0.05, 0.1) is 17.6 Å². The van der Waals surface area contributed by atoms with Crippen LogP contribution in [0.15, 0.2) is 54.9 Å². The molecule has 2 N–H and O–H groups in total. The number of benzene rings is 1. The van der Waals surface area contributed by atoms with Crippen molar-refractivity contribution in [3.8, 4) is 0 Å². The predicted octanol–water partition coefficient (Wildman–Crippen LogP) is 3.25. The highest BCUT2D eigenvalue weighted by Crippen LogP contribution is 2.19. The molecule has 1 aliphatic rings. The van der Waals surface area contributed by atoms with Gasteiger partial charge in [-0.3, -0.25) is 4.98 Å². The Morgan fingerprint density at radius 3 is 2.50 bits per heavy atom. The van der Waals surface area contributed by atoms with Crippen LogP contribution >= 0.6 is 0 Å². The molecule has 1 fully saturated rings. The van der Waals surface area contributed by atoms with E-state index in [1.807, 2.05) is 29.2 Å². The van der Waals surface area contributed by atoms with Gasteiger partial charge in [-0.2, -0.15) is 0 Å². The number of hydrogen-bond donors (Lipinski definition) is 2. The lowest BCUT2D eigenvalue weighted by molar-refractivity contribution is 0.208. The molecule has 10 heteroatoms. The summed E-state index contributed by atoms with van der Waals surface area (Å²) in [6.45, 7) is 1.99. The second-order valence-corrected chi connectivity index (χ2v) is 6.67. The van der Waals surface area contributed by atoms with E-state index in [-0.39, 0.29) is 5.69 Å². The molecule has 2 aromatic heterocycles. The summed E-state index contributed by atoms with van der Waals surface area (Å²) >= 11 is 0. The molecule has 3 heterocycles. The summed E-state index contributed by atoms with van der Waals surface area (Å²) in [6, 6.07) is 9.99. The molecule has 1 aliphatic heterocycles. The quantitative estimate of drug-likeness (QED) is 0.686. The van der Waals surface area contributed by atoms with E-state index in [4.69, 9.17) is 0 Å². The van der Waals surface area contributed by atoms with Crippen molar-refractivity contribution in [2.45, 2.75) is 0 Å². The van der Waals surface area contributed by atoms with E-state index in [1.165, 1.54) is 6.07 Å². The summed E-state index contributed by atoms with van der Waals surface area (Å²) in [5, 5.41) is 14.0. The normalized spacial score (nSPS) is 13.8. The van der Waals surface area contributed by atoms with E-state index in [9.17, 15) is 13.6 Å². The first-order valence-corrected chi connectivity index (χ1v) is 9.35. The smallest absolute Gasteiger partial charge is 0.322 e. The Balaban J connectivity index is 1.31. The third-order valence-corrected chi connectivity index (χ3v) is 4.65. The number of amides is 2. The van der Waals surface area contributed by atoms with Gasteiger partial charge in [0.1, 0.15) is 11.6 Å². The van der Waals surface area contributed by atoms with Gasteiger partial charge in [0, 0.05) is 38.4 Å². The lowest BCUT2D eigenvalue weighted by Crippen LogP contribution is -2.50. The summed E-state index contributed by atoms with van der Waals surface area (Å²) in [6.07, 6.45) is 3.38. The molecule has 30 heavy (non-hydrogen) atoms. The Kier molecular flexibility index (Phi) is 5.64. The first-order chi connectivity index (χ1) is 14.6. The monoisotopic (exact) mass is 411 g/mol.